The molecule has 7 heteroatoms. The van der Waals surface area contributed by atoms with E-state index in [1.807, 2.05) is 0 Å². The van der Waals surface area contributed by atoms with Crippen molar-refractivity contribution in [3.05, 3.63) is 30.2 Å². The Morgan fingerprint density at radius 2 is 2.30 bits per heavy atom. The molecule has 0 radical (unpaired) electrons. The second-order valence-electron chi connectivity index (χ2n) is 4.00. The summed E-state index contributed by atoms with van der Waals surface area (Å²) >= 11 is 1.68. The Morgan fingerprint density at radius 3 is 3.05 bits per heavy atom. The van der Waals surface area contributed by atoms with Crippen LogP contribution in [0.3, 0.4) is 0 Å². The van der Waals surface area contributed by atoms with Gasteiger partial charge in [-0.25, -0.2) is 0 Å². The van der Waals surface area contributed by atoms with Crippen molar-refractivity contribution in [2.75, 3.05) is 24.7 Å². The minimum Gasteiger partial charge on any atom is -0.461 e. The fourth-order valence-corrected chi connectivity index (χ4v) is 2.30. The molecule has 2 rings (SSSR count). The number of rotatable bonds is 8. The summed E-state index contributed by atoms with van der Waals surface area (Å²) in [5.41, 5.74) is 0.233. The number of furan rings is 1. The number of aromatic nitrogens is 1. The average molecular weight is 296 g/mol. The van der Waals surface area contributed by atoms with E-state index in [9.17, 15) is 4.79 Å². The van der Waals surface area contributed by atoms with Crippen LogP contribution in [0.15, 0.2) is 33.4 Å². The van der Waals surface area contributed by atoms with E-state index in [2.05, 4.69) is 10.5 Å². The minimum atomic E-state index is -0.269. The van der Waals surface area contributed by atoms with Crippen LogP contribution in [0.1, 0.15) is 16.9 Å². The zero-order chi connectivity index (χ0) is 14.2. The van der Waals surface area contributed by atoms with Gasteiger partial charge in [0.05, 0.1) is 6.26 Å². The van der Waals surface area contributed by atoms with Gasteiger partial charge in [0, 0.05) is 25.0 Å². The summed E-state index contributed by atoms with van der Waals surface area (Å²) in [4.78, 5) is 11.8. The predicted molar refractivity (Wildman–Crippen MR) is 75.6 cm³/mol. The number of carbonyl (C=O) groups is 1. The van der Waals surface area contributed by atoms with Gasteiger partial charge < -0.3 is 19.4 Å². The lowest BCUT2D eigenvalue weighted by Gasteiger charge is -2.02. The van der Waals surface area contributed by atoms with E-state index in [0.717, 1.165) is 17.9 Å². The second-order valence-corrected chi connectivity index (χ2v) is 5.22. The molecule has 0 aliphatic heterocycles. The number of hydrogen-bond acceptors (Lipinski definition) is 6. The van der Waals surface area contributed by atoms with Crippen molar-refractivity contribution in [1.82, 2.24) is 10.5 Å². The topological polar surface area (TPSA) is 88.5 Å². The van der Waals surface area contributed by atoms with E-state index in [-0.39, 0.29) is 18.2 Å². The normalized spacial score (nSPS) is 10.7. The van der Waals surface area contributed by atoms with Crippen molar-refractivity contribution in [2.45, 2.75) is 6.42 Å². The minimum absolute atomic E-state index is 0.202. The summed E-state index contributed by atoms with van der Waals surface area (Å²) in [7, 11) is 0. The molecule has 0 fully saturated rings. The van der Waals surface area contributed by atoms with E-state index >= 15 is 0 Å². The van der Waals surface area contributed by atoms with Crippen LogP contribution >= 0.6 is 11.8 Å². The fraction of sp³-hybridized carbons (Fsp3) is 0.385. The van der Waals surface area contributed by atoms with Crippen LogP contribution in [0.4, 0.5) is 0 Å². The van der Waals surface area contributed by atoms with Crippen LogP contribution < -0.4 is 5.32 Å². The van der Waals surface area contributed by atoms with E-state index in [1.165, 1.54) is 6.26 Å². The first-order chi connectivity index (χ1) is 9.81. The molecule has 0 saturated carbocycles. The Balaban J connectivity index is 1.76. The van der Waals surface area contributed by atoms with Crippen molar-refractivity contribution >= 4 is 17.7 Å². The molecule has 2 aromatic rings. The maximum atomic E-state index is 11.8. The molecule has 2 heterocycles. The summed E-state index contributed by atoms with van der Waals surface area (Å²) in [5, 5.41) is 15.1. The largest absolute Gasteiger partial charge is 0.461 e. The first kappa shape index (κ1) is 14.7. The molecule has 0 saturated heterocycles. The van der Waals surface area contributed by atoms with Gasteiger partial charge in [0.15, 0.2) is 11.5 Å². The lowest BCUT2D eigenvalue weighted by molar-refractivity contribution is 0.0947. The van der Waals surface area contributed by atoms with E-state index < -0.39 is 0 Å². The van der Waals surface area contributed by atoms with Gasteiger partial charge in [-0.2, -0.15) is 11.8 Å². The number of nitrogens with one attached hydrogen (secondary N) is 1. The van der Waals surface area contributed by atoms with Crippen LogP contribution in [-0.4, -0.2) is 40.8 Å². The monoisotopic (exact) mass is 296 g/mol. The molecular formula is C13H16N2O4S. The molecule has 20 heavy (non-hydrogen) atoms. The second kappa shape index (κ2) is 7.76. The van der Waals surface area contributed by atoms with Gasteiger partial charge in [0.2, 0.25) is 5.76 Å². The Labute approximate surface area is 120 Å². The first-order valence-electron chi connectivity index (χ1n) is 6.28. The van der Waals surface area contributed by atoms with Gasteiger partial charge in [0.25, 0.3) is 5.91 Å². The smallest absolute Gasteiger partial charge is 0.273 e. The number of amides is 1. The molecule has 0 aromatic carbocycles. The Kier molecular flexibility index (Phi) is 5.69. The van der Waals surface area contributed by atoms with Crippen molar-refractivity contribution in [2.24, 2.45) is 0 Å². The molecule has 108 valence electrons. The van der Waals surface area contributed by atoms with Crippen LogP contribution in [0, 0.1) is 0 Å². The lowest BCUT2D eigenvalue weighted by atomic mass is 10.3. The van der Waals surface area contributed by atoms with Gasteiger partial charge in [-0.1, -0.05) is 5.16 Å². The summed E-state index contributed by atoms with van der Waals surface area (Å²) in [6.45, 7) is 0.756. The highest BCUT2D eigenvalue weighted by Gasteiger charge is 2.14. The van der Waals surface area contributed by atoms with Crippen molar-refractivity contribution < 1.29 is 18.8 Å². The fourth-order valence-electron chi connectivity index (χ4n) is 1.51. The van der Waals surface area contributed by atoms with Gasteiger partial charge in [-0.05, 0) is 24.3 Å². The van der Waals surface area contributed by atoms with Crippen LogP contribution in [0.2, 0.25) is 0 Å². The Bertz CT molecular complexity index is 524. The van der Waals surface area contributed by atoms with Crippen LogP contribution in [-0.2, 0) is 0 Å². The summed E-state index contributed by atoms with van der Waals surface area (Å²) in [5.74, 6) is 2.39. The average Bonchev–Trinajstić information content (AvgIpc) is 3.12. The first-order valence-corrected chi connectivity index (χ1v) is 7.44. The standard InChI is InChI=1S/C13H16N2O4S/c16-5-2-7-20-8-4-14-13(17)10-9-12(19-15-10)11-3-1-6-18-11/h1,3,6,9,16H,2,4-5,7-8H2,(H,14,17). The van der Waals surface area contributed by atoms with Crippen LogP contribution in [0.25, 0.3) is 11.5 Å². The van der Waals surface area contributed by atoms with Crippen LogP contribution in [0.5, 0.6) is 0 Å². The summed E-state index contributed by atoms with van der Waals surface area (Å²) in [6, 6.07) is 5.02. The summed E-state index contributed by atoms with van der Waals surface area (Å²) < 4.78 is 10.2. The van der Waals surface area contributed by atoms with Gasteiger partial charge in [0.1, 0.15) is 0 Å². The molecule has 0 atom stereocenters. The van der Waals surface area contributed by atoms with E-state index in [0.29, 0.717) is 18.1 Å². The van der Waals surface area contributed by atoms with Crippen molar-refractivity contribution in [3.8, 4) is 11.5 Å². The molecule has 0 spiro atoms. The predicted octanol–water partition coefficient (Wildman–Crippen LogP) is 1.78. The lowest BCUT2D eigenvalue weighted by Crippen LogP contribution is -2.26. The molecule has 0 bridgehead atoms. The molecule has 2 N–H and O–H groups in total. The number of nitrogens with zero attached hydrogens (tertiary/aromatic N) is 1. The number of hydrogen-bond donors (Lipinski definition) is 2. The van der Waals surface area contributed by atoms with Crippen molar-refractivity contribution in [1.29, 1.82) is 0 Å². The number of aliphatic hydroxyl groups is 1. The summed E-state index contributed by atoms with van der Waals surface area (Å²) in [6.07, 6.45) is 2.30. The number of carbonyl (C=O) groups excluding carboxylic acids is 1. The zero-order valence-electron chi connectivity index (χ0n) is 10.9. The highest BCUT2D eigenvalue weighted by atomic mass is 32.2. The maximum Gasteiger partial charge on any atom is 0.273 e. The maximum absolute atomic E-state index is 11.8. The third-order valence-electron chi connectivity index (χ3n) is 2.49. The quantitative estimate of drug-likeness (QED) is 0.722. The van der Waals surface area contributed by atoms with Gasteiger partial charge in [-0.15, -0.1) is 0 Å². The molecule has 2 aromatic heterocycles. The van der Waals surface area contributed by atoms with Gasteiger partial charge >= 0.3 is 0 Å². The third kappa shape index (κ3) is 4.14. The third-order valence-corrected chi connectivity index (χ3v) is 3.56. The highest BCUT2D eigenvalue weighted by molar-refractivity contribution is 7.99. The Morgan fingerprint density at radius 1 is 1.40 bits per heavy atom. The van der Waals surface area contributed by atoms with Crippen molar-refractivity contribution in [3.63, 3.8) is 0 Å². The molecule has 0 aliphatic carbocycles. The molecule has 0 unspecified atom stereocenters. The zero-order valence-corrected chi connectivity index (χ0v) is 11.7. The molecule has 6 nitrogen and oxygen atoms in total. The van der Waals surface area contributed by atoms with Gasteiger partial charge in [-0.3, -0.25) is 4.79 Å². The molecule has 0 aliphatic rings. The number of aliphatic hydroxyl groups excluding tert-OH is 1. The van der Waals surface area contributed by atoms with E-state index in [4.69, 9.17) is 14.0 Å². The molecular weight excluding hydrogens is 280 g/mol. The number of thioether (sulfide) groups is 1. The van der Waals surface area contributed by atoms with E-state index in [1.54, 1.807) is 30.0 Å². The Hall–Kier alpha value is -1.73. The highest BCUT2D eigenvalue weighted by Crippen LogP contribution is 2.20. The molecule has 1 amide bonds. The SMILES string of the molecule is O=C(NCCSCCCO)c1cc(-c2ccco2)on1.